The second kappa shape index (κ2) is 5.89. The van der Waals surface area contributed by atoms with Gasteiger partial charge in [0.1, 0.15) is 0 Å². The molecule has 0 spiro atoms. The molecule has 1 heterocycles. The Morgan fingerprint density at radius 1 is 1.24 bits per heavy atom. The molecule has 2 N–H and O–H groups in total. The summed E-state index contributed by atoms with van der Waals surface area (Å²) in [7, 11) is 0. The van der Waals surface area contributed by atoms with Crippen LogP contribution in [0.1, 0.15) is 18.9 Å². The zero-order chi connectivity index (χ0) is 12.1. The predicted octanol–water partition coefficient (Wildman–Crippen LogP) is 2.30. The second-order valence-electron chi connectivity index (χ2n) is 5.03. The Morgan fingerprint density at radius 2 is 2.00 bits per heavy atom. The van der Waals surface area contributed by atoms with E-state index < -0.39 is 0 Å². The molecule has 1 saturated heterocycles. The molecular formula is C14H22N2S. The fourth-order valence-corrected chi connectivity index (χ4v) is 3.26. The Labute approximate surface area is 109 Å². The van der Waals surface area contributed by atoms with Gasteiger partial charge in [0.25, 0.3) is 0 Å². The molecule has 1 atom stereocenters. The Hall–Kier alpha value is -0.510. The van der Waals surface area contributed by atoms with Crippen LogP contribution in [-0.4, -0.2) is 36.0 Å². The largest absolute Gasteiger partial charge is 0.321 e. The lowest BCUT2D eigenvalue weighted by Gasteiger charge is -2.32. The summed E-state index contributed by atoms with van der Waals surface area (Å²) >= 11 is 2.06. The fraction of sp³-hybridized carbons (Fsp3) is 0.571. The summed E-state index contributed by atoms with van der Waals surface area (Å²) in [4.78, 5) is 2.51. The van der Waals surface area contributed by atoms with Gasteiger partial charge in [-0.15, -0.1) is 0 Å². The molecule has 17 heavy (non-hydrogen) atoms. The van der Waals surface area contributed by atoms with Crippen LogP contribution in [0.4, 0.5) is 0 Å². The van der Waals surface area contributed by atoms with E-state index in [9.17, 15) is 0 Å². The van der Waals surface area contributed by atoms with Crippen molar-refractivity contribution in [2.45, 2.75) is 18.9 Å². The maximum absolute atomic E-state index is 6.47. The SMILES string of the molecule is CC(N)(CN1CCCSCC1)c1ccccc1. The molecule has 3 heteroatoms. The molecule has 0 saturated carbocycles. The predicted molar refractivity (Wildman–Crippen MR) is 76.4 cm³/mol. The Morgan fingerprint density at radius 3 is 2.76 bits per heavy atom. The molecule has 1 aromatic rings. The number of hydrogen-bond acceptors (Lipinski definition) is 3. The number of rotatable bonds is 3. The van der Waals surface area contributed by atoms with E-state index in [2.05, 4.69) is 47.9 Å². The van der Waals surface area contributed by atoms with Gasteiger partial charge in [-0.1, -0.05) is 30.3 Å². The molecule has 0 bridgehead atoms. The lowest BCUT2D eigenvalue weighted by atomic mass is 9.92. The highest BCUT2D eigenvalue weighted by molar-refractivity contribution is 7.99. The monoisotopic (exact) mass is 250 g/mol. The highest BCUT2D eigenvalue weighted by atomic mass is 32.2. The Kier molecular flexibility index (Phi) is 4.48. The first-order valence-electron chi connectivity index (χ1n) is 6.33. The molecule has 0 aliphatic carbocycles. The van der Waals surface area contributed by atoms with Gasteiger partial charge >= 0.3 is 0 Å². The first kappa shape index (κ1) is 12.9. The quantitative estimate of drug-likeness (QED) is 0.892. The zero-order valence-corrected chi connectivity index (χ0v) is 11.4. The van der Waals surface area contributed by atoms with Crippen LogP contribution in [-0.2, 0) is 5.54 Å². The van der Waals surface area contributed by atoms with Gasteiger partial charge in [-0.2, -0.15) is 11.8 Å². The van der Waals surface area contributed by atoms with Crippen LogP contribution < -0.4 is 5.73 Å². The summed E-state index contributed by atoms with van der Waals surface area (Å²) in [6.07, 6.45) is 1.29. The van der Waals surface area contributed by atoms with Crippen LogP contribution in [0.5, 0.6) is 0 Å². The smallest absolute Gasteiger partial charge is 0.0509 e. The number of hydrogen-bond donors (Lipinski definition) is 1. The molecule has 0 aromatic heterocycles. The van der Waals surface area contributed by atoms with E-state index >= 15 is 0 Å². The highest BCUT2D eigenvalue weighted by Gasteiger charge is 2.24. The van der Waals surface area contributed by atoms with Crippen molar-refractivity contribution in [3.05, 3.63) is 35.9 Å². The number of thioether (sulfide) groups is 1. The highest BCUT2D eigenvalue weighted by Crippen LogP contribution is 2.20. The second-order valence-corrected chi connectivity index (χ2v) is 6.25. The third-order valence-corrected chi connectivity index (χ3v) is 4.35. The van der Waals surface area contributed by atoms with Crippen LogP contribution >= 0.6 is 11.8 Å². The van der Waals surface area contributed by atoms with E-state index in [1.54, 1.807) is 0 Å². The average Bonchev–Trinajstić information content (AvgIpc) is 2.58. The molecule has 1 fully saturated rings. The molecule has 0 amide bonds. The zero-order valence-electron chi connectivity index (χ0n) is 10.6. The maximum atomic E-state index is 6.47. The van der Waals surface area contributed by atoms with E-state index in [4.69, 9.17) is 5.73 Å². The molecule has 2 nitrogen and oxygen atoms in total. The average molecular weight is 250 g/mol. The van der Waals surface area contributed by atoms with Crippen LogP contribution in [0, 0.1) is 0 Å². The van der Waals surface area contributed by atoms with Crippen LogP contribution in [0.25, 0.3) is 0 Å². The number of benzene rings is 1. The van der Waals surface area contributed by atoms with Crippen molar-refractivity contribution in [1.82, 2.24) is 4.90 Å². The Balaban J connectivity index is 2.01. The van der Waals surface area contributed by atoms with Gasteiger partial charge in [0.2, 0.25) is 0 Å². The van der Waals surface area contributed by atoms with Gasteiger partial charge in [-0.05, 0) is 31.2 Å². The van der Waals surface area contributed by atoms with Crippen LogP contribution in [0.15, 0.2) is 30.3 Å². The van der Waals surface area contributed by atoms with Crippen molar-refractivity contribution in [2.75, 3.05) is 31.1 Å². The molecule has 1 aliphatic rings. The third kappa shape index (κ3) is 3.73. The molecule has 2 rings (SSSR count). The lowest BCUT2D eigenvalue weighted by molar-refractivity contribution is 0.232. The fourth-order valence-electron chi connectivity index (χ4n) is 2.33. The Bertz CT molecular complexity index is 329. The molecule has 1 unspecified atom stereocenters. The van der Waals surface area contributed by atoms with Gasteiger partial charge in [0, 0.05) is 18.8 Å². The van der Waals surface area contributed by atoms with Gasteiger partial charge in [0.05, 0.1) is 5.54 Å². The van der Waals surface area contributed by atoms with Crippen LogP contribution in [0.2, 0.25) is 0 Å². The van der Waals surface area contributed by atoms with E-state index in [1.165, 1.54) is 36.6 Å². The van der Waals surface area contributed by atoms with Gasteiger partial charge in [-0.25, -0.2) is 0 Å². The minimum absolute atomic E-state index is 0.240. The van der Waals surface area contributed by atoms with Crippen molar-refractivity contribution in [1.29, 1.82) is 0 Å². The summed E-state index contributed by atoms with van der Waals surface area (Å²) in [6.45, 7) is 5.45. The molecular weight excluding hydrogens is 228 g/mol. The van der Waals surface area contributed by atoms with Gasteiger partial charge in [-0.3, -0.25) is 0 Å². The molecule has 94 valence electrons. The van der Waals surface area contributed by atoms with Crippen molar-refractivity contribution >= 4 is 11.8 Å². The van der Waals surface area contributed by atoms with Crippen molar-refractivity contribution in [3.63, 3.8) is 0 Å². The van der Waals surface area contributed by atoms with Crippen molar-refractivity contribution < 1.29 is 0 Å². The minimum Gasteiger partial charge on any atom is -0.321 e. The van der Waals surface area contributed by atoms with E-state index in [0.717, 1.165) is 6.54 Å². The number of nitrogens with zero attached hydrogens (tertiary/aromatic N) is 1. The maximum Gasteiger partial charge on any atom is 0.0509 e. The molecule has 1 aliphatic heterocycles. The summed E-state index contributed by atoms with van der Waals surface area (Å²) in [5.41, 5.74) is 7.46. The topological polar surface area (TPSA) is 29.3 Å². The normalized spacial score (nSPS) is 21.8. The summed E-state index contributed by atoms with van der Waals surface area (Å²) in [5.74, 6) is 2.54. The van der Waals surface area contributed by atoms with Crippen molar-refractivity contribution in [2.24, 2.45) is 5.73 Å². The first-order chi connectivity index (χ1) is 8.18. The van der Waals surface area contributed by atoms with Crippen molar-refractivity contribution in [3.8, 4) is 0 Å². The van der Waals surface area contributed by atoms with Crippen LogP contribution in [0.3, 0.4) is 0 Å². The first-order valence-corrected chi connectivity index (χ1v) is 7.48. The summed E-state index contributed by atoms with van der Waals surface area (Å²) in [5, 5.41) is 0. The third-order valence-electron chi connectivity index (χ3n) is 3.30. The van der Waals surface area contributed by atoms with Gasteiger partial charge < -0.3 is 10.6 Å². The number of nitrogens with two attached hydrogens (primary N) is 1. The lowest BCUT2D eigenvalue weighted by Crippen LogP contribution is -2.46. The van der Waals surface area contributed by atoms with Gasteiger partial charge in [0.15, 0.2) is 0 Å². The van der Waals surface area contributed by atoms with E-state index in [0.29, 0.717) is 0 Å². The minimum atomic E-state index is -0.240. The molecule has 1 aromatic carbocycles. The summed E-state index contributed by atoms with van der Waals surface area (Å²) in [6, 6.07) is 10.4. The van der Waals surface area contributed by atoms with E-state index in [1.807, 2.05) is 6.07 Å². The van der Waals surface area contributed by atoms with E-state index in [-0.39, 0.29) is 5.54 Å². The standard InChI is InChI=1S/C14H22N2S/c1-14(15,13-6-3-2-4-7-13)12-16-8-5-10-17-11-9-16/h2-4,6-7H,5,8-12,15H2,1H3. The molecule has 0 radical (unpaired) electrons. The summed E-state index contributed by atoms with van der Waals surface area (Å²) < 4.78 is 0.